The van der Waals surface area contributed by atoms with Gasteiger partial charge in [-0.25, -0.2) is 0 Å². The van der Waals surface area contributed by atoms with Crippen LogP contribution in [0.15, 0.2) is 12.1 Å². The topological polar surface area (TPSA) is 33.0 Å². The molecule has 15 heavy (non-hydrogen) atoms. The molecule has 0 radical (unpaired) electrons. The van der Waals surface area contributed by atoms with Crippen LogP contribution in [0.4, 0.5) is 0 Å². The number of aryl methyl sites for hydroxylation is 2. The van der Waals surface area contributed by atoms with Crippen LogP contribution in [0, 0.1) is 18.3 Å². The van der Waals surface area contributed by atoms with Gasteiger partial charge < -0.3 is 4.74 Å². The lowest BCUT2D eigenvalue weighted by Crippen LogP contribution is -2.01. The lowest BCUT2D eigenvalue weighted by molar-refractivity contribution is 0.362. The van der Waals surface area contributed by atoms with Gasteiger partial charge in [-0.2, -0.15) is 5.26 Å². The van der Waals surface area contributed by atoms with Gasteiger partial charge in [-0.3, -0.25) is 0 Å². The minimum absolute atomic E-state index is 0.0672. The molecule has 1 rings (SSSR count). The summed E-state index contributed by atoms with van der Waals surface area (Å²) in [7, 11) is 0. The first kappa shape index (κ1) is 12.4. The molecule has 0 N–H and O–H groups in total. The third-order valence-corrected chi connectivity index (χ3v) is 2.58. The smallest absolute Gasteiger partial charge is 0.174 e. The van der Waals surface area contributed by atoms with Crippen LogP contribution in [0.5, 0.6) is 5.75 Å². The SMILES string of the molecule is Cc1cc(Cl)cc(CCBr)c1OCC#N. The van der Waals surface area contributed by atoms with E-state index in [0.29, 0.717) is 5.02 Å². The molecule has 0 heterocycles. The minimum atomic E-state index is 0.0672. The molecule has 0 aliphatic rings. The molecule has 1 aromatic carbocycles. The Balaban J connectivity index is 3.04. The average molecular weight is 289 g/mol. The summed E-state index contributed by atoms with van der Waals surface area (Å²) >= 11 is 9.33. The van der Waals surface area contributed by atoms with Crippen LogP contribution in [0.25, 0.3) is 0 Å². The number of ether oxygens (including phenoxy) is 1. The van der Waals surface area contributed by atoms with Gasteiger partial charge >= 0.3 is 0 Å². The largest absolute Gasteiger partial charge is 0.478 e. The molecule has 4 heteroatoms. The van der Waals surface area contributed by atoms with Crippen molar-refractivity contribution in [2.24, 2.45) is 0 Å². The number of benzene rings is 1. The summed E-state index contributed by atoms with van der Waals surface area (Å²) in [5, 5.41) is 10.0. The van der Waals surface area contributed by atoms with E-state index >= 15 is 0 Å². The number of nitrogens with zero attached hydrogens (tertiary/aromatic N) is 1. The number of halogens is 2. The number of nitriles is 1. The average Bonchev–Trinajstić information content (AvgIpc) is 2.17. The highest BCUT2D eigenvalue weighted by Crippen LogP contribution is 2.28. The first-order valence-electron chi connectivity index (χ1n) is 4.53. The molecule has 0 amide bonds. The van der Waals surface area contributed by atoms with E-state index in [9.17, 15) is 0 Å². The zero-order valence-corrected chi connectivity index (χ0v) is 10.7. The predicted molar refractivity (Wildman–Crippen MR) is 64.8 cm³/mol. The number of rotatable bonds is 4. The Morgan fingerprint density at radius 2 is 2.27 bits per heavy atom. The molecule has 0 bridgehead atoms. The Labute approximate surface area is 103 Å². The Hall–Kier alpha value is -0.720. The minimum Gasteiger partial charge on any atom is -0.478 e. The van der Waals surface area contributed by atoms with Gasteiger partial charge in [-0.1, -0.05) is 27.5 Å². The van der Waals surface area contributed by atoms with Gasteiger partial charge in [0.05, 0.1) is 0 Å². The molecule has 0 spiro atoms. The van der Waals surface area contributed by atoms with Crippen LogP contribution in [-0.2, 0) is 6.42 Å². The normalized spacial score (nSPS) is 9.73. The van der Waals surface area contributed by atoms with Gasteiger partial charge in [0.25, 0.3) is 0 Å². The maximum Gasteiger partial charge on any atom is 0.174 e. The second-order valence-corrected chi connectivity index (χ2v) is 4.33. The van der Waals surface area contributed by atoms with E-state index in [1.165, 1.54) is 0 Å². The molecule has 0 aliphatic carbocycles. The Morgan fingerprint density at radius 3 is 2.87 bits per heavy atom. The maximum atomic E-state index is 8.48. The highest BCUT2D eigenvalue weighted by Gasteiger charge is 2.08. The molecule has 2 nitrogen and oxygen atoms in total. The summed E-state index contributed by atoms with van der Waals surface area (Å²) < 4.78 is 5.38. The van der Waals surface area contributed by atoms with E-state index in [-0.39, 0.29) is 6.61 Å². The van der Waals surface area contributed by atoms with Crippen LogP contribution in [0.3, 0.4) is 0 Å². The molecule has 0 saturated carbocycles. The number of hydrogen-bond acceptors (Lipinski definition) is 2. The first-order valence-corrected chi connectivity index (χ1v) is 6.03. The predicted octanol–water partition coefficient (Wildman–Crippen LogP) is 3.49. The Morgan fingerprint density at radius 1 is 1.53 bits per heavy atom. The molecule has 0 atom stereocenters. The van der Waals surface area contributed by atoms with Crippen molar-refractivity contribution in [3.63, 3.8) is 0 Å². The fraction of sp³-hybridized carbons (Fsp3) is 0.364. The van der Waals surface area contributed by atoms with Crippen molar-refractivity contribution in [2.45, 2.75) is 13.3 Å². The first-order chi connectivity index (χ1) is 7.19. The van der Waals surface area contributed by atoms with Gasteiger partial charge in [-0.05, 0) is 36.6 Å². The third kappa shape index (κ3) is 3.40. The van der Waals surface area contributed by atoms with Gasteiger partial charge in [0.15, 0.2) is 6.61 Å². The lowest BCUT2D eigenvalue weighted by atomic mass is 10.1. The zero-order chi connectivity index (χ0) is 11.3. The van der Waals surface area contributed by atoms with Gasteiger partial charge in [-0.15, -0.1) is 0 Å². The van der Waals surface area contributed by atoms with Crippen LogP contribution < -0.4 is 4.74 Å². The van der Waals surface area contributed by atoms with Crippen molar-refractivity contribution < 1.29 is 4.74 Å². The van der Waals surface area contributed by atoms with Gasteiger partial charge in [0.2, 0.25) is 0 Å². The van der Waals surface area contributed by atoms with Crippen molar-refractivity contribution in [3.05, 3.63) is 28.3 Å². The summed E-state index contributed by atoms with van der Waals surface area (Å²) in [4.78, 5) is 0. The molecular formula is C11H11BrClNO. The van der Waals surface area contributed by atoms with E-state index in [1.807, 2.05) is 25.1 Å². The van der Waals surface area contributed by atoms with Crippen LogP contribution >= 0.6 is 27.5 Å². The van der Waals surface area contributed by atoms with Crippen molar-refractivity contribution in [1.29, 1.82) is 5.26 Å². The molecule has 0 saturated heterocycles. The van der Waals surface area contributed by atoms with Crippen LogP contribution in [-0.4, -0.2) is 11.9 Å². The number of hydrogen-bond donors (Lipinski definition) is 0. The summed E-state index contributed by atoms with van der Waals surface area (Å²) in [5.41, 5.74) is 2.00. The van der Waals surface area contributed by atoms with Crippen molar-refractivity contribution in [2.75, 3.05) is 11.9 Å². The molecule has 0 aromatic heterocycles. The molecule has 80 valence electrons. The van der Waals surface area contributed by atoms with Gasteiger partial charge in [0, 0.05) is 10.4 Å². The number of alkyl halides is 1. The zero-order valence-electron chi connectivity index (χ0n) is 8.39. The molecule has 0 unspecified atom stereocenters. The molecule has 0 fully saturated rings. The van der Waals surface area contributed by atoms with Crippen LogP contribution in [0.1, 0.15) is 11.1 Å². The summed E-state index contributed by atoms with van der Waals surface area (Å²) in [5.74, 6) is 0.778. The summed E-state index contributed by atoms with van der Waals surface area (Å²) in [6, 6.07) is 5.68. The van der Waals surface area contributed by atoms with Crippen molar-refractivity contribution >= 4 is 27.5 Å². The monoisotopic (exact) mass is 287 g/mol. The fourth-order valence-electron chi connectivity index (χ4n) is 1.40. The summed E-state index contributed by atoms with van der Waals surface area (Å²) in [6.07, 6.45) is 0.835. The van der Waals surface area contributed by atoms with E-state index in [0.717, 1.165) is 28.6 Å². The van der Waals surface area contributed by atoms with E-state index in [2.05, 4.69) is 15.9 Å². The van der Waals surface area contributed by atoms with Crippen molar-refractivity contribution in [3.8, 4) is 11.8 Å². The van der Waals surface area contributed by atoms with E-state index < -0.39 is 0 Å². The quantitative estimate of drug-likeness (QED) is 0.795. The van der Waals surface area contributed by atoms with Gasteiger partial charge in [0.1, 0.15) is 11.8 Å². The lowest BCUT2D eigenvalue weighted by Gasteiger charge is -2.12. The molecular weight excluding hydrogens is 277 g/mol. The fourth-order valence-corrected chi connectivity index (χ4v) is 2.12. The molecule has 0 aliphatic heterocycles. The second kappa shape index (κ2) is 5.99. The Kier molecular flexibility index (Phi) is 4.93. The van der Waals surface area contributed by atoms with Crippen LogP contribution in [0.2, 0.25) is 5.02 Å². The van der Waals surface area contributed by atoms with E-state index in [1.54, 1.807) is 0 Å². The molecule has 1 aromatic rings. The van der Waals surface area contributed by atoms with Crippen molar-refractivity contribution in [1.82, 2.24) is 0 Å². The standard InChI is InChI=1S/C11H11BrClNO/c1-8-6-10(13)7-9(2-3-12)11(8)15-5-4-14/h6-7H,2-3,5H2,1H3. The highest BCUT2D eigenvalue weighted by atomic mass is 79.9. The van der Waals surface area contributed by atoms with E-state index in [4.69, 9.17) is 21.6 Å². The maximum absolute atomic E-state index is 8.48. The summed E-state index contributed by atoms with van der Waals surface area (Å²) in [6.45, 7) is 1.99. The highest BCUT2D eigenvalue weighted by molar-refractivity contribution is 9.09. The Bertz CT molecular complexity index is 387. The second-order valence-electron chi connectivity index (χ2n) is 3.10. The third-order valence-electron chi connectivity index (χ3n) is 1.96.